The number of fused-ring (bicyclic) bond motifs is 1. The molecular weight excluding hydrogens is 212 g/mol. The maximum Gasteiger partial charge on any atom is 0.243 e. The molecule has 2 rings (SSSR count). The van der Waals surface area contributed by atoms with E-state index in [0.717, 1.165) is 24.9 Å². The van der Waals surface area contributed by atoms with Crippen molar-refractivity contribution in [3.8, 4) is 0 Å². The van der Waals surface area contributed by atoms with E-state index in [0.29, 0.717) is 6.04 Å². The number of amides is 1. The Labute approximate surface area is 103 Å². The lowest BCUT2D eigenvalue weighted by atomic mass is 10.1. The third-order valence-electron chi connectivity index (χ3n) is 3.42. The fraction of sp³-hybridized carbons (Fsp3) is 0.500. The first-order valence-electron chi connectivity index (χ1n) is 6.39. The summed E-state index contributed by atoms with van der Waals surface area (Å²) in [6.07, 6.45) is 2.77. The average molecular weight is 232 g/mol. The maximum atomic E-state index is 12.1. The van der Waals surface area contributed by atoms with Gasteiger partial charge in [-0.25, -0.2) is 0 Å². The molecule has 0 radical (unpaired) electrons. The van der Waals surface area contributed by atoms with E-state index < -0.39 is 0 Å². The van der Waals surface area contributed by atoms with Gasteiger partial charge in [-0.2, -0.15) is 0 Å². The Hall–Kier alpha value is -1.51. The Kier molecular flexibility index (Phi) is 3.67. The van der Waals surface area contributed by atoms with Crippen LogP contribution in [0, 0.1) is 0 Å². The molecule has 0 fully saturated rings. The van der Waals surface area contributed by atoms with E-state index in [1.807, 2.05) is 18.2 Å². The van der Waals surface area contributed by atoms with Crippen LogP contribution in [0.2, 0.25) is 0 Å². The van der Waals surface area contributed by atoms with Gasteiger partial charge in [-0.15, -0.1) is 0 Å². The van der Waals surface area contributed by atoms with Crippen molar-refractivity contribution in [3.05, 3.63) is 29.8 Å². The molecule has 92 valence electrons. The Bertz CT molecular complexity index is 374. The Morgan fingerprint density at radius 3 is 2.76 bits per heavy atom. The lowest BCUT2D eigenvalue weighted by Gasteiger charge is -2.18. The molecule has 0 saturated heterocycles. The van der Waals surface area contributed by atoms with Gasteiger partial charge in [0.2, 0.25) is 5.91 Å². The van der Waals surface area contributed by atoms with E-state index in [9.17, 15) is 4.79 Å². The molecular formula is C14H20N2O. The second-order valence-electron chi connectivity index (χ2n) is 4.58. The summed E-state index contributed by atoms with van der Waals surface area (Å²) in [5.74, 6) is 0.120. The summed E-state index contributed by atoms with van der Waals surface area (Å²) in [4.78, 5) is 12.1. The van der Waals surface area contributed by atoms with Gasteiger partial charge in [0.1, 0.15) is 6.04 Å². The van der Waals surface area contributed by atoms with Gasteiger partial charge in [0.05, 0.1) is 0 Å². The number of hydrogen-bond acceptors (Lipinski definition) is 2. The predicted molar refractivity (Wildman–Crippen MR) is 70.1 cm³/mol. The number of carbonyl (C=O) groups excluding carboxylic acids is 1. The summed E-state index contributed by atoms with van der Waals surface area (Å²) in [6.45, 7) is 4.20. The summed E-state index contributed by atoms with van der Waals surface area (Å²) < 4.78 is 0. The summed E-state index contributed by atoms with van der Waals surface area (Å²) in [6, 6.07) is 8.31. The van der Waals surface area contributed by atoms with Gasteiger partial charge in [-0.1, -0.05) is 32.0 Å². The van der Waals surface area contributed by atoms with E-state index in [1.165, 1.54) is 5.56 Å². The van der Waals surface area contributed by atoms with Crippen molar-refractivity contribution in [2.24, 2.45) is 0 Å². The fourth-order valence-corrected chi connectivity index (χ4v) is 2.25. The minimum atomic E-state index is -0.104. The van der Waals surface area contributed by atoms with Crippen LogP contribution in [-0.2, 0) is 11.2 Å². The van der Waals surface area contributed by atoms with E-state index in [-0.39, 0.29) is 11.9 Å². The molecule has 2 N–H and O–H groups in total. The minimum absolute atomic E-state index is 0.104. The standard InChI is InChI=1S/C14H20N2O/c1-3-11(4-2)15-14(17)13-9-10-7-5-6-8-12(10)16-13/h5-8,11,13,16H,3-4,9H2,1-2H3,(H,15,17). The highest BCUT2D eigenvalue weighted by Gasteiger charge is 2.26. The molecule has 1 amide bonds. The molecule has 0 spiro atoms. The molecule has 1 heterocycles. The SMILES string of the molecule is CCC(CC)NC(=O)C1Cc2ccccc2N1. The number of rotatable bonds is 4. The van der Waals surface area contributed by atoms with Crippen molar-refractivity contribution in [1.82, 2.24) is 5.32 Å². The zero-order valence-corrected chi connectivity index (χ0v) is 10.5. The van der Waals surface area contributed by atoms with Crippen molar-refractivity contribution < 1.29 is 4.79 Å². The monoisotopic (exact) mass is 232 g/mol. The first kappa shape index (κ1) is 12.0. The molecule has 0 bridgehead atoms. The molecule has 3 nitrogen and oxygen atoms in total. The number of hydrogen-bond donors (Lipinski definition) is 2. The predicted octanol–water partition coefficient (Wildman–Crippen LogP) is 2.33. The normalized spacial score (nSPS) is 17.7. The van der Waals surface area contributed by atoms with Gasteiger partial charge in [0.25, 0.3) is 0 Å². The molecule has 1 aliphatic heterocycles. The van der Waals surface area contributed by atoms with Crippen LogP contribution in [-0.4, -0.2) is 18.0 Å². The fourth-order valence-electron chi connectivity index (χ4n) is 2.25. The van der Waals surface area contributed by atoms with Crippen LogP contribution in [0.3, 0.4) is 0 Å². The highest BCUT2D eigenvalue weighted by atomic mass is 16.2. The van der Waals surface area contributed by atoms with Crippen LogP contribution in [0.25, 0.3) is 0 Å². The average Bonchev–Trinajstić information content (AvgIpc) is 2.79. The van der Waals surface area contributed by atoms with Crippen molar-refractivity contribution in [2.45, 2.75) is 45.2 Å². The molecule has 0 aliphatic carbocycles. The summed E-state index contributed by atoms with van der Waals surface area (Å²) >= 11 is 0. The lowest BCUT2D eigenvalue weighted by Crippen LogP contribution is -2.43. The van der Waals surface area contributed by atoms with Crippen LogP contribution >= 0.6 is 0 Å². The van der Waals surface area contributed by atoms with Gasteiger partial charge >= 0.3 is 0 Å². The van der Waals surface area contributed by atoms with Crippen molar-refractivity contribution >= 4 is 11.6 Å². The second-order valence-corrected chi connectivity index (χ2v) is 4.58. The first-order valence-corrected chi connectivity index (χ1v) is 6.39. The van der Waals surface area contributed by atoms with E-state index in [2.05, 4.69) is 30.5 Å². The molecule has 0 aromatic heterocycles. The molecule has 1 unspecified atom stereocenters. The Morgan fingerprint density at radius 1 is 1.41 bits per heavy atom. The summed E-state index contributed by atoms with van der Waals surface area (Å²) in [5.41, 5.74) is 2.33. The van der Waals surface area contributed by atoms with Crippen LogP contribution < -0.4 is 10.6 Å². The molecule has 3 heteroatoms. The van der Waals surface area contributed by atoms with Crippen LogP contribution in [0.4, 0.5) is 5.69 Å². The summed E-state index contributed by atoms with van der Waals surface area (Å²) in [7, 11) is 0. The van der Waals surface area contributed by atoms with Gasteiger partial charge in [0.15, 0.2) is 0 Å². The number of nitrogens with one attached hydrogen (secondary N) is 2. The quantitative estimate of drug-likeness (QED) is 0.836. The minimum Gasteiger partial charge on any atom is -0.373 e. The number of carbonyl (C=O) groups is 1. The van der Waals surface area contributed by atoms with Crippen LogP contribution in [0.15, 0.2) is 24.3 Å². The second kappa shape index (κ2) is 5.21. The number of anilines is 1. The zero-order chi connectivity index (χ0) is 12.3. The third-order valence-corrected chi connectivity index (χ3v) is 3.42. The molecule has 1 aromatic rings. The van der Waals surface area contributed by atoms with E-state index in [1.54, 1.807) is 0 Å². The smallest absolute Gasteiger partial charge is 0.243 e. The third kappa shape index (κ3) is 2.60. The Balaban J connectivity index is 1.96. The lowest BCUT2D eigenvalue weighted by molar-refractivity contribution is -0.122. The topological polar surface area (TPSA) is 41.1 Å². The van der Waals surface area contributed by atoms with Gasteiger partial charge in [0, 0.05) is 18.2 Å². The molecule has 1 aliphatic rings. The van der Waals surface area contributed by atoms with E-state index >= 15 is 0 Å². The molecule has 1 aromatic carbocycles. The zero-order valence-electron chi connectivity index (χ0n) is 10.5. The van der Waals surface area contributed by atoms with Crippen LogP contribution in [0.5, 0.6) is 0 Å². The highest BCUT2D eigenvalue weighted by Crippen LogP contribution is 2.25. The number of benzene rings is 1. The molecule has 1 atom stereocenters. The maximum absolute atomic E-state index is 12.1. The first-order chi connectivity index (χ1) is 8.24. The number of para-hydroxylation sites is 1. The van der Waals surface area contributed by atoms with Crippen LogP contribution in [0.1, 0.15) is 32.3 Å². The van der Waals surface area contributed by atoms with Gasteiger partial charge < -0.3 is 10.6 Å². The van der Waals surface area contributed by atoms with Crippen molar-refractivity contribution in [3.63, 3.8) is 0 Å². The van der Waals surface area contributed by atoms with Crippen molar-refractivity contribution in [1.29, 1.82) is 0 Å². The van der Waals surface area contributed by atoms with Gasteiger partial charge in [-0.3, -0.25) is 4.79 Å². The molecule has 17 heavy (non-hydrogen) atoms. The highest BCUT2D eigenvalue weighted by molar-refractivity contribution is 5.87. The largest absolute Gasteiger partial charge is 0.373 e. The van der Waals surface area contributed by atoms with Crippen molar-refractivity contribution in [2.75, 3.05) is 5.32 Å². The summed E-state index contributed by atoms with van der Waals surface area (Å²) in [5, 5.41) is 6.37. The van der Waals surface area contributed by atoms with Gasteiger partial charge in [-0.05, 0) is 24.5 Å². The Morgan fingerprint density at radius 2 is 2.12 bits per heavy atom. The van der Waals surface area contributed by atoms with E-state index in [4.69, 9.17) is 0 Å². The molecule has 0 saturated carbocycles.